The SMILES string of the molecule is CC(C(=O)N1CC2(C1)CS(=O)(=O)C2)n1ccc(C(F)(F)F)n1. The molecule has 1 amide bonds. The molecule has 10 heteroatoms. The van der Waals surface area contributed by atoms with Crippen molar-refractivity contribution in [2.24, 2.45) is 5.41 Å². The van der Waals surface area contributed by atoms with Crippen LogP contribution < -0.4 is 0 Å². The summed E-state index contributed by atoms with van der Waals surface area (Å²) in [6.07, 6.45) is -3.43. The molecule has 0 bridgehead atoms. The van der Waals surface area contributed by atoms with Crippen LogP contribution in [0.5, 0.6) is 0 Å². The molecular weight excluding hydrogens is 323 g/mol. The maximum absolute atomic E-state index is 12.5. The summed E-state index contributed by atoms with van der Waals surface area (Å²) in [7, 11) is -2.97. The summed E-state index contributed by atoms with van der Waals surface area (Å²) in [5.41, 5.74) is -1.38. The van der Waals surface area contributed by atoms with Crippen LogP contribution in [0.1, 0.15) is 18.7 Å². The van der Waals surface area contributed by atoms with Gasteiger partial charge in [-0.2, -0.15) is 18.3 Å². The second-order valence-corrected chi connectivity index (χ2v) is 8.15. The first-order chi connectivity index (χ1) is 10.0. The Labute approximate surface area is 124 Å². The summed E-state index contributed by atoms with van der Waals surface area (Å²) in [6.45, 7) is 2.14. The Balaban J connectivity index is 1.63. The third kappa shape index (κ3) is 2.49. The number of hydrogen-bond donors (Lipinski definition) is 0. The molecule has 2 aliphatic heterocycles. The van der Waals surface area contributed by atoms with Crippen molar-refractivity contribution in [2.75, 3.05) is 24.6 Å². The molecule has 0 radical (unpaired) electrons. The monoisotopic (exact) mass is 337 g/mol. The van der Waals surface area contributed by atoms with E-state index in [-0.39, 0.29) is 22.8 Å². The van der Waals surface area contributed by atoms with Crippen LogP contribution in [0, 0.1) is 5.41 Å². The third-order valence-corrected chi connectivity index (χ3v) is 6.17. The fourth-order valence-corrected chi connectivity index (χ4v) is 5.22. The fourth-order valence-electron chi connectivity index (χ4n) is 3.07. The molecule has 122 valence electrons. The quantitative estimate of drug-likeness (QED) is 0.797. The van der Waals surface area contributed by atoms with Crippen LogP contribution in [0.15, 0.2) is 12.3 Å². The summed E-state index contributed by atoms with van der Waals surface area (Å²) in [5.74, 6) is -0.192. The van der Waals surface area contributed by atoms with Gasteiger partial charge < -0.3 is 4.90 Å². The van der Waals surface area contributed by atoms with Gasteiger partial charge in [-0.25, -0.2) is 8.42 Å². The Morgan fingerprint density at radius 2 is 1.95 bits per heavy atom. The summed E-state index contributed by atoms with van der Waals surface area (Å²) in [5, 5.41) is 3.39. The van der Waals surface area contributed by atoms with Gasteiger partial charge in [0.2, 0.25) is 5.91 Å². The van der Waals surface area contributed by atoms with E-state index in [9.17, 15) is 26.4 Å². The smallest absolute Gasteiger partial charge is 0.339 e. The Hall–Kier alpha value is -1.58. The number of amides is 1. The van der Waals surface area contributed by atoms with Gasteiger partial charge in [0, 0.05) is 24.7 Å². The molecule has 0 aromatic carbocycles. The van der Waals surface area contributed by atoms with Crippen LogP contribution in [0.3, 0.4) is 0 Å². The molecular formula is C12H14F3N3O3S. The first-order valence-corrected chi connectivity index (χ1v) is 8.45. The van der Waals surface area contributed by atoms with Gasteiger partial charge in [-0.15, -0.1) is 0 Å². The van der Waals surface area contributed by atoms with Gasteiger partial charge in [-0.05, 0) is 13.0 Å². The van der Waals surface area contributed by atoms with Crippen molar-refractivity contribution in [3.8, 4) is 0 Å². The van der Waals surface area contributed by atoms with Crippen molar-refractivity contribution in [3.63, 3.8) is 0 Å². The van der Waals surface area contributed by atoms with Gasteiger partial charge in [-0.1, -0.05) is 0 Å². The fraction of sp³-hybridized carbons (Fsp3) is 0.667. The highest BCUT2D eigenvalue weighted by atomic mass is 32.2. The number of rotatable bonds is 2. The van der Waals surface area contributed by atoms with Crippen LogP contribution in [-0.2, 0) is 20.8 Å². The van der Waals surface area contributed by atoms with Crippen molar-refractivity contribution in [2.45, 2.75) is 19.1 Å². The minimum absolute atomic E-state index is 0.0815. The Morgan fingerprint density at radius 1 is 1.36 bits per heavy atom. The van der Waals surface area contributed by atoms with Crippen molar-refractivity contribution in [3.05, 3.63) is 18.0 Å². The number of carbonyl (C=O) groups is 1. The normalized spacial score (nSPS) is 23.7. The summed E-state index contributed by atoms with van der Waals surface area (Å²) in [6, 6.07) is -0.0370. The number of aromatic nitrogens is 2. The number of halogens is 3. The van der Waals surface area contributed by atoms with Gasteiger partial charge >= 0.3 is 6.18 Å². The average Bonchev–Trinajstić information content (AvgIpc) is 2.79. The van der Waals surface area contributed by atoms with Crippen molar-refractivity contribution in [1.82, 2.24) is 14.7 Å². The Bertz CT molecular complexity index is 705. The zero-order chi connectivity index (χ0) is 16.3. The minimum atomic E-state index is -4.55. The van der Waals surface area contributed by atoms with E-state index in [1.807, 2.05) is 0 Å². The van der Waals surface area contributed by atoms with Crippen LogP contribution in [0.4, 0.5) is 13.2 Å². The number of sulfone groups is 1. The van der Waals surface area contributed by atoms with Crippen LogP contribution in [0.25, 0.3) is 0 Å². The predicted molar refractivity (Wildman–Crippen MR) is 69.6 cm³/mol. The van der Waals surface area contributed by atoms with Crippen LogP contribution in [-0.4, -0.2) is 53.6 Å². The molecule has 1 spiro atoms. The van der Waals surface area contributed by atoms with Gasteiger partial charge in [0.05, 0.1) is 11.5 Å². The zero-order valence-corrected chi connectivity index (χ0v) is 12.5. The second-order valence-electron chi connectivity index (χ2n) is 6.08. The standard InChI is InChI=1S/C12H14F3N3O3S/c1-8(18-3-2-9(16-18)12(13,14)15)10(19)17-4-11(5-17)6-22(20,21)7-11/h2-3,8H,4-7H2,1H3. The van der Waals surface area contributed by atoms with Gasteiger partial charge in [0.25, 0.3) is 0 Å². The number of alkyl halides is 3. The molecule has 22 heavy (non-hydrogen) atoms. The highest BCUT2D eigenvalue weighted by Crippen LogP contribution is 2.42. The molecule has 3 rings (SSSR count). The van der Waals surface area contributed by atoms with Crippen LogP contribution >= 0.6 is 0 Å². The molecule has 3 heterocycles. The molecule has 1 atom stereocenters. The molecule has 2 saturated heterocycles. The predicted octanol–water partition coefficient (Wildman–Crippen LogP) is 0.720. The van der Waals surface area contributed by atoms with E-state index in [0.717, 1.165) is 16.9 Å². The van der Waals surface area contributed by atoms with Crippen LogP contribution in [0.2, 0.25) is 0 Å². The number of nitrogens with zero attached hydrogens (tertiary/aromatic N) is 3. The summed E-state index contributed by atoms with van der Waals surface area (Å²) >= 11 is 0. The van der Waals surface area contributed by atoms with Crippen molar-refractivity contribution in [1.29, 1.82) is 0 Å². The lowest BCUT2D eigenvalue weighted by molar-refractivity contribution is -0.147. The minimum Gasteiger partial charge on any atom is -0.339 e. The molecule has 1 aromatic heterocycles. The topological polar surface area (TPSA) is 72.3 Å². The molecule has 1 aromatic rings. The van der Waals surface area contributed by atoms with E-state index >= 15 is 0 Å². The molecule has 0 saturated carbocycles. The summed E-state index contributed by atoms with van der Waals surface area (Å²) < 4.78 is 60.9. The molecule has 2 fully saturated rings. The number of likely N-dealkylation sites (tertiary alicyclic amines) is 1. The highest BCUT2D eigenvalue weighted by molar-refractivity contribution is 7.92. The maximum Gasteiger partial charge on any atom is 0.435 e. The van der Waals surface area contributed by atoms with Gasteiger partial charge in [-0.3, -0.25) is 9.48 Å². The van der Waals surface area contributed by atoms with E-state index in [1.165, 1.54) is 11.8 Å². The lowest BCUT2D eigenvalue weighted by Crippen LogP contribution is -2.69. The average molecular weight is 337 g/mol. The Morgan fingerprint density at radius 3 is 2.41 bits per heavy atom. The van der Waals surface area contributed by atoms with E-state index in [1.54, 1.807) is 0 Å². The highest BCUT2D eigenvalue weighted by Gasteiger charge is 2.57. The number of hydrogen-bond acceptors (Lipinski definition) is 4. The van der Waals surface area contributed by atoms with Gasteiger partial charge in [0.15, 0.2) is 15.5 Å². The van der Waals surface area contributed by atoms with E-state index in [4.69, 9.17) is 0 Å². The van der Waals surface area contributed by atoms with Crippen molar-refractivity contribution >= 4 is 15.7 Å². The molecule has 6 nitrogen and oxygen atoms in total. The zero-order valence-electron chi connectivity index (χ0n) is 11.7. The first-order valence-electron chi connectivity index (χ1n) is 6.63. The lowest BCUT2D eigenvalue weighted by Gasteiger charge is -2.55. The van der Waals surface area contributed by atoms with E-state index in [2.05, 4.69) is 5.10 Å². The third-order valence-electron chi connectivity index (χ3n) is 4.07. The molecule has 2 aliphatic rings. The van der Waals surface area contributed by atoms with E-state index < -0.39 is 27.7 Å². The second kappa shape index (κ2) is 4.46. The van der Waals surface area contributed by atoms with E-state index in [0.29, 0.717) is 13.1 Å². The Kier molecular flexibility index (Phi) is 3.11. The van der Waals surface area contributed by atoms with Crippen molar-refractivity contribution < 1.29 is 26.4 Å². The lowest BCUT2D eigenvalue weighted by atomic mass is 9.82. The largest absolute Gasteiger partial charge is 0.435 e. The first kappa shape index (κ1) is 15.3. The summed E-state index contributed by atoms with van der Waals surface area (Å²) in [4.78, 5) is 13.7. The molecule has 0 aliphatic carbocycles. The van der Waals surface area contributed by atoms with Gasteiger partial charge in [0.1, 0.15) is 6.04 Å². The molecule has 1 unspecified atom stereocenters. The molecule has 0 N–H and O–H groups in total. The maximum atomic E-state index is 12.5. The number of carbonyl (C=O) groups excluding carboxylic acids is 1.